The average molecular weight is 400 g/mol. The van der Waals surface area contributed by atoms with Crippen molar-refractivity contribution < 1.29 is 28.9 Å². The molecule has 1 saturated carbocycles. The molecule has 156 valence electrons. The Labute approximate surface area is 170 Å². The topological polar surface area (TPSA) is 82.1 Å². The third-order valence-corrected chi connectivity index (χ3v) is 7.24. The molecule has 4 rings (SSSR count). The van der Waals surface area contributed by atoms with Gasteiger partial charge in [0.15, 0.2) is 0 Å². The van der Waals surface area contributed by atoms with Gasteiger partial charge < -0.3 is 19.3 Å². The summed E-state index contributed by atoms with van der Waals surface area (Å²) in [5, 5.41) is 10.3. The van der Waals surface area contributed by atoms with Gasteiger partial charge in [0.05, 0.1) is 11.1 Å². The van der Waals surface area contributed by atoms with Crippen molar-refractivity contribution in [2.45, 2.75) is 45.3 Å². The molecule has 0 radical (unpaired) electrons. The highest BCUT2D eigenvalue weighted by Gasteiger charge is 2.63. The predicted octanol–water partition coefficient (Wildman–Crippen LogP) is 2.90. The van der Waals surface area contributed by atoms with E-state index in [9.17, 15) is 14.7 Å². The van der Waals surface area contributed by atoms with Gasteiger partial charge in [0, 0.05) is 19.6 Å². The smallest absolute Gasteiger partial charge is 0.338 e. The number of aliphatic hydroxyl groups is 1. The Bertz CT molecular complexity index is 846. The molecular weight excluding hydrogens is 372 g/mol. The van der Waals surface area contributed by atoms with E-state index in [1.807, 2.05) is 13.0 Å². The average Bonchev–Trinajstić information content (AvgIpc) is 3.11. The lowest BCUT2D eigenvalue weighted by atomic mass is 9.48. The maximum atomic E-state index is 13.0. The largest absolute Gasteiger partial charge is 0.458 e. The zero-order valence-electron chi connectivity index (χ0n) is 17.1. The van der Waals surface area contributed by atoms with Crippen LogP contribution in [0.1, 0.15) is 43.5 Å². The van der Waals surface area contributed by atoms with Gasteiger partial charge in [-0.05, 0) is 41.4 Å². The van der Waals surface area contributed by atoms with E-state index in [-0.39, 0.29) is 19.1 Å². The number of cyclic esters (lactones) is 1. The van der Waals surface area contributed by atoms with E-state index in [4.69, 9.17) is 14.2 Å². The number of methoxy groups -OCH3 is 1. The van der Waals surface area contributed by atoms with E-state index in [1.165, 1.54) is 7.11 Å². The summed E-state index contributed by atoms with van der Waals surface area (Å²) in [6, 6.07) is 8.80. The molecule has 0 aromatic heterocycles. The van der Waals surface area contributed by atoms with Crippen LogP contribution in [0.4, 0.5) is 0 Å². The highest BCUT2D eigenvalue weighted by Crippen LogP contribution is 2.61. The number of rotatable bonds is 4. The molecule has 2 aliphatic carbocycles. The van der Waals surface area contributed by atoms with Crippen molar-refractivity contribution in [1.29, 1.82) is 0 Å². The van der Waals surface area contributed by atoms with Gasteiger partial charge in [0.2, 0.25) is 0 Å². The summed E-state index contributed by atoms with van der Waals surface area (Å²) in [6.45, 7) is 4.36. The van der Waals surface area contributed by atoms with Gasteiger partial charge in [-0.15, -0.1) is 0 Å². The van der Waals surface area contributed by atoms with Gasteiger partial charge in [-0.2, -0.15) is 0 Å². The summed E-state index contributed by atoms with van der Waals surface area (Å²) in [5.74, 6) is -1.05. The fraction of sp³-hybridized carbons (Fsp3) is 0.565. The maximum absolute atomic E-state index is 13.0. The summed E-state index contributed by atoms with van der Waals surface area (Å²) in [6.07, 6.45) is 1.18. The molecule has 29 heavy (non-hydrogen) atoms. The Hall–Kier alpha value is -2.18. The summed E-state index contributed by atoms with van der Waals surface area (Å²) in [4.78, 5) is 25.5. The first kappa shape index (κ1) is 20.1. The summed E-state index contributed by atoms with van der Waals surface area (Å²) in [5.41, 5.74) is 0.994. The van der Waals surface area contributed by atoms with E-state index in [1.54, 1.807) is 24.3 Å². The second kappa shape index (κ2) is 7.26. The van der Waals surface area contributed by atoms with Crippen molar-refractivity contribution in [3.8, 4) is 0 Å². The summed E-state index contributed by atoms with van der Waals surface area (Å²) in [7, 11) is 1.52. The number of carbonyl (C=O) groups excluding carboxylic acids is 2. The van der Waals surface area contributed by atoms with Gasteiger partial charge in [-0.25, -0.2) is 9.59 Å². The molecule has 1 N–H and O–H groups in total. The molecule has 0 unspecified atom stereocenters. The SMILES string of the molecule is CO[C@@H]1C2=C(COC2=O)[C@]2(C)CCC[C@@](C)(CO)[C@H]2[C@@H]1OC(=O)c1ccccc1. The molecule has 6 nitrogen and oxygen atoms in total. The van der Waals surface area contributed by atoms with E-state index in [0.717, 1.165) is 24.8 Å². The van der Waals surface area contributed by atoms with Crippen molar-refractivity contribution >= 4 is 11.9 Å². The fourth-order valence-corrected chi connectivity index (χ4v) is 5.88. The van der Waals surface area contributed by atoms with Crippen molar-refractivity contribution in [1.82, 2.24) is 0 Å². The van der Waals surface area contributed by atoms with Crippen LogP contribution in [0.15, 0.2) is 41.5 Å². The predicted molar refractivity (Wildman–Crippen MR) is 105 cm³/mol. The molecule has 0 amide bonds. The van der Waals surface area contributed by atoms with Crippen LogP contribution in [0, 0.1) is 16.7 Å². The second-order valence-corrected chi connectivity index (χ2v) is 8.92. The maximum Gasteiger partial charge on any atom is 0.338 e. The lowest BCUT2D eigenvalue weighted by molar-refractivity contribution is -0.149. The Morgan fingerprint density at radius 3 is 2.62 bits per heavy atom. The third-order valence-electron chi connectivity index (χ3n) is 7.24. The summed E-state index contributed by atoms with van der Waals surface area (Å²) >= 11 is 0. The number of hydrogen-bond acceptors (Lipinski definition) is 6. The van der Waals surface area contributed by atoms with Crippen molar-refractivity contribution in [2.75, 3.05) is 20.3 Å². The van der Waals surface area contributed by atoms with Crippen LogP contribution in [-0.4, -0.2) is 49.6 Å². The quantitative estimate of drug-likeness (QED) is 0.783. The molecule has 1 aromatic carbocycles. The van der Waals surface area contributed by atoms with Crippen LogP contribution >= 0.6 is 0 Å². The number of fused-ring (bicyclic) bond motifs is 2. The van der Waals surface area contributed by atoms with Crippen LogP contribution in [0.3, 0.4) is 0 Å². The number of benzene rings is 1. The van der Waals surface area contributed by atoms with Crippen molar-refractivity contribution in [3.05, 3.63) is 47.0 Å². The number of aliphatic hydroxyl groups excluding tert-OH is 1. The molecule has 1 heterocycles. The van der Waals surface area contributed by atoms with Crippen LogP contribution in [-0.2, 0) is 19.0 Å². The zero-order valence-corrected chi connectivity index (χ0v) is 17.1. The van der Waals surface area contributed by atoms with Gasteiger partial charge in [-0.1, -0.05) is 38.5 Å². The Morgan fingerprint density at radius 1 is 1.24 bits per heavy atom. The van der Waals surface area contributed by atoms with Crippen molar-refractivity contribution in [2.24, 2.45) is 16.7 Å². The van der Waals surface area contributed by atoms with E-state index in [0.29, 0.717) is 11.1 Å². The van der Waals surface area contributed by atoms with E-state index >= 15 is 0 Å². The Morgan fingerprint density at radius 2 is 1.97 bits per heavy atom. The Kier molecular flexibility index (Phi) is 5.03. The molecular formula is C23H28O6. The first-order valence-electron chi connectivity index (χ1n) is 10.2. The zero-order chi connectivity index (χ0) is 20.8. The lowest BCUT2D eigenvalue weighted by Crippen LogP contribution is -2.60. The van der Waals surface area contributed by atoms with Crippen LogP contribution in [0.2, 0.25) is 0 Å². The van der Waals surface area contributed by atoms with E-state index in [2.05, 4.69) is 6.92 Å². The molecule has 1 aromatic rings. The molecule has 1 aliphatic heterocycles. The molecule has 0 bridgehead atoms. The normalized spacial score (nSPS) is 36.3. The number of esters is 2. The molecule has 5 atom stereocenters. The monoisotopic (exact) mass is 400 g/mol. The highest BCUT2D eigenvalue weighted by molar-refractivity contribution is 5.94. The minimum atomic E-state index is -0.713. The third kappa shape index (κ3) is 3.01. The molecule has 6 heteroatoms. The van der Waals surface area contributed by atoms with Gasteiger partial charge in [0.1, 0.15) is 18.8 Å². The summed E-state index contributed by atoms with van der Waals surface area (Å²) < 4.78 is 17.2. The minimum absolute atomic E-state index is 0.0273. The van der Waals surface area contributed by atoms with E-state index < -0.39 is 35.0 Å². The Balaban J connectivity index is 1.82. The van der Waals surface area contributed by atoms with Crippen LogP contribution in [0.25, 0.3) is 0 Å². The standard InChI is InChI=1S/C23H28O6/c1-22(13-24)10-7-11-23(2)15-12-28-21(26)16(15)17(27-3)18(19(22)23)29-20(25)14-8-5-4-6-9-14/h4-6,8-9,17-19,24H,7,10-13H2,1-3H3/t17-,18-,19-,22+,23+/m1/s1. The first-order valence-corrected chi connectivity index (χ1v) is 10.2. The minimum Gasteiger partial charge on any atom is -0.458 e. The van der Waals surface area contributed by atoms with Gasteiger partial charge in [0.25, 0.3) is 0 Å². The van der Waals surface area contributed by atoms with Crippen molar-refractivity contribution in [3.63, 3.8) is 0 Å². The number of carbonyl (C=O) groups is 2. The van der Waals surface area contributed by atoms with Gasteiger partial charge in [-0.3, -0.25) is 0 Å². The van der Waals surface area contributed by atoms with Crippen LogP contribution < -0.4 is 0 Å². The fourth-order valence-electron chi connectivity index (χ4n) is 5.88. The van der Waals surface area contributed by atoms with Gasteiger partial charge >= 0.3 is 11.9 Å². The molecule has 0 saturated heterocycles. The van der Waals surface area contributed by atoms with Crippen LogP contribution in [0.5, 0.6) is 0 Å². The highest BCUT2D eigenvalue weighted by atomic mass is 16.6. The lowest BCUT2D eigenvalue weighted by Gasteiger charge is -2.57. The molecule has 3 aliphatic rings. The molecule has 1 fully saturated rings. The number of hydrogen-bond donors (Lipinski definition) is 1. The second-order valence-electron chi connectivity index (χ2n) is 8.92. The molecule has 0 spiro atoms. The number of ether oxygens (including phenoxy) is 3. The first-order chi connectivity index (χ1) is 13.9.